The summed E-state index contributed by atoms with van der Waals surface area (Å²) in [6.07, 6.45) is 8.87. The standard InChI is InChI=1S/C20H18N4O/c21-18-15-6-2-5-14(12-7-9-22-10-8-12)19(15)23-16-11-24(13-3-1-4-13)20(25)17(16)18/h2,5-11,13,25H,1,3-4,21H2. The smallest absolute Gasteiger partial charge is 0.203 e. The maximum Gasteiger partial charge on any atom is 0.203 e. The number of anilines is 1. The van der Waals surface area contributed by atoms with Crippen molar-refractivity contribution in [3.63, 3.8) is 0 Å². The normalized spacial score (nSPS) is 14.9. The number of hydrogen-bond acceptors (Lipinski definition) is 4. The van der Waals surface area contributed by atoms with Crippen LogP contribution in [0.3, 0.4) is 0 Å². The van der Waals surface area contributed by atoms with Crippen LogP contribution in [0.2, 0.25) is 0 Å². The number of nitrogens with zero attached hydrogens (tertiary/aromatic N) is 3. The molecule has 0 spiro atoms. The van der Waals surface area contributed by atoms with E-state index in [4.69, 9.17) is 10.7 Å². The number of rotatable bonds is 2. The van der Waals surface area contributed by atoms with E-state index in [1.807, 2.05) is 41.1 Å². The molecule has 25 heavy (non-hydrogen) atoms. The number of fused-ring (bicyclic) bond motifs is 2. The van der Waals surface area contributed by atoms with Gasteiger partial charge < -0.3 is 15.4 Å². The molecule has 3 heterocycles. The van der Waals surface area contributed by atoms with Crippen molar-refractivity contribution in [1.82, 2.24) is 14.5 Å². The molecule has 0 saturated heterocycles. The van der Waals surface area contributed by atoms with E-state index in [2.05, 4.69) is 4.98 Å². The molecule has 0 radical (unpaired) electrons. The van der Waals surface area contributed by atoms with Crippen molar-refractivity contribution in [1.29, 1.82) is 0 Å². The average Bonchev–Trinajstić information content (AvgIpc) is 2.91. The predicted octanol–water partition coefficient (Wildman–Crippen LogP) is 4.26. The summed E-state index contributed by atoms with van der Waals surface area (Å²) >= 11 is 0. The van der Waals surface area contributed by atoms with E-state index in [0.29, 0.717) is 17.1 Å². The van der Waals surface area contributed by atoms with Gasteiger partial charge in [-0.05, 0) is 37.0 Å². The minimum Gasteiger partial charge on any atom is -0.494 e. The van der Waals surface area contributed by atoms with Gasteiger partial charge in [0.25, 0.3) is 0 Å². The van der Waals surface area contributed by atoms with Gasteiger partial charge in [0.1, 0.15) is 0 Å². The zero-order chi connectivity index (χ0) is 17.0. The molecular formula is C20H18N4O. The Bertz CT molecular complexity index is 1100. The van der Waals surface area contributed by atoms with Gasteiger partial charge in [-0.25, -0.2) is 4.98 Å². The Morgan fingerprint density at radius 2 is 1.92 bits per heavy atom. The summed E-state index contributed by atoms with van der Waals surface area (Å²) < 4.78 is 1.93. The molecule has 0 unspecified atom stereocenters. The summed E-state index contributed by atoms with van der Waals surface area (Å²) in [6.45, 7) is 0. The minimum atomic E-state index is 0.237. The van der Waals surface area contributed by atoms with Crippen molar-refractivity contribution in [2.45, 2.75) is 25.3 Å². The number of hydrogen-bond donors (Lipinski definition) is 2. The van der Waals surface area contributed by atoms with Crippen molar-refractivity contribution in [3.05, 3.63) is 48.9 Å². The molecule has 0 amide bonds. The van der Waals surface area contributed by atoms with Crippen molar-refractivity contribution in [2.24, 2.45) is 0 Å². The Morgan fingerprint density at radius 1 is 1.12 bits per heavy atom. The van der Waals surface area contributed by atoms with Crippen LogP contribution in [-0.2, 0) is 0 Å². The summed E-state index contributed by atoms with van der Waals surface area (Å²) in [7, 11) is 0. The van der Waals surface area contributed by atoms with Crippen LogP contribution >= 0.6 is 0 Å². The van der Waals surface area contributed by atoms with Crippen molar-refractivity contribution in [2.75, 3.05) is 5.73 Å². The Labute approximate surface area is 144 Å². The van der Waals surface area contributed by atoms with Crippen LogP contribution in [0.15, 0.2) is 48.9 Å². The number of pyridine rings is 2. The molecule has 0 bridgehead atoms. The van der Waals surface area contributed by atoms with E-state index in [0.717, 1.165) is 40.4 Å². The average molecular weight is 330 g/mol. The number of nitrogen functional groups attached to an aromatic ring is 1. The van der Waals surface area contributed by atoms with Crippen LogP contribution in [0, 0.1) is 0 Å². The molecule has 124 valence electrons. The summed E-state index contributed by atoms with van der Waals surface area (Å²) in [5.41, 5.74) is 10.7. The second-order valence-corrected chi connectivity index (χ2v) is 6.67. The van der Waals surface area contributed by atoms with Gasteiger partial charge in [-0.3, -0.25) is 4.98 Å². The Balaban J connectivity index is 1.83. The lowest BCUT2D eigenvalue weighted by atomic mass is 9.93. The molecule has 1 aliphatic carbocycles. The van der Waals surface area contributed by atoms with Gasteiger partial charge in [-0.2, -0.15) is 0 Å². The van der Waals surface area contributed by atoms with E-state index in [-0.39, 0.29) is 5.88 Å². The molecule has 1 aromatic carbocycles. The SMILES string of the molecule is Nc1c2cccc(-c3ccncc3)c2nc2cn(C3CCC3)c(O)c12. The minimum absolute atomic E-state index is 0.237. The van der Waals surface area contributed by atoms with Gasteiger partial charge in [0.15, 0.2) is 0 Å². The molecule has 5 heteroatoms. The Hall–Kier alpha value is -3.08. The molecule has 1 fully saturated rings. The highest BCUT2D eigenvalue weighted by Gasteiger charge is 2.25. The number of nitrogens with two attached hydrogens (primary N) is 1. The van der Waals surface area contributed by atoms with Crippen molar-refractivity contribution in [3.8, 4) is 17.0 Å². The summed E-state index contributed by atoms with van der Waals surface area (Å²) in [5, 5.41) is 12.2. The number of aromatic nitrogens is 3. The molecule has 5 rings (SSSR count). The van der Waals surface area contributed by atoms with E-state index in [1.54, 1.807) is 12.4 Å². The third kappa shape index (κ3) is 2.02. The third-order valence-electron chi connectivity index (χ3n) is 5.27. The number of para-hydroxylation sites is 1. The molecule has 5 nitrogen and oxygen atoms in total. The maximum absolute atomic E-state index is 10.7. The molecular weight excluding hydrogens is 312 g/mol. The molecule has 4 aromatic rings. The molecule has 3 aromatic heterocycles. The van der Waals surface area contributed by atoms with Crippen LogP contribution in [-0.4, -0.2) is 19.6 Å². The van der Waals surface area contributed by atoms with Crippen molar-refractivity contribution >= 4 is 27.5 Å². The highest BCUT2D eigenvalue weighted by Crippen LogP contribution is 2.43. The monoisotopic (exact) mass is 330 g/mol. The van der Waals surface area contributed by atoms with Crippen LogP contribution < -0.4 is 5.73 Å². The predicted molar refractivity (Wildman–Crippen MR) is 99.4 cm³/mol. The van der Waals surface area contributed by atoms with E-state index < -0.39 is 0 Å². The fourth-order valence-electron chi connectivity index (χ4n) is 3.69. The van der Waals surface area contributed by atoms with E-state index >= 15 is 0 Å². The maximum atomic E-state index is 10.7. The highest BCUT2D eigenvalue weighted by atomic mass is 16.3. The summed E-state index contributed by atoms with van der Waals surface area (Å²) in [6, 6.07) is 10.3. The third-order valence-corrected chi connectivity index (χ3v) is 5.27. The largest absolute Gasteiger partial charge is 0.494 e. The molecule has 0 aliphatic heterocycles. The quantitative estimate of drug-likeness (QED) is 0.575. The van der Waals surface area contributed by atoms with E-state index in [9.17, 15) is 5.11 Å². The van der Waals surface area contributed by atoms with Gasteiger partial charge in [-0.1, -0.05) is 18.2 Å². The topological polar surface area (TPSA) is 77.0 Å². The van der Waals surface area contributed by atoms with Crippen molar-refractivity contribution < 1.29 is 5.11 Å². The number of benzene rings is 1. The first kappa shape index (κ1) is 14.3. The first-order valence-electron chi connectivity index (χ1n) is 8.56. The molecule has 0 atom stereocenters. The van der Waals surface area contributed by atoms with Gasteiger partial charge in [0, 0.05) is 35.6 Å². The second-order valence-electron chi connectivity index (χ2n) is 6.67. The first-order valence-corrected chi connectivity index (χ1v) is 8.56. The molecule has 3 N–H and O–H groups in total. The lowest BCUT2D eigenvalue weighted by Crippen LogP contribution is -2.15. The second kappa shape index (κ2) is 5.21. The Morgan fingerprint density at radius 3 is 2.64 bits per heavy atom. The fourth-order valence-corrected chi connectivity index (χ4v) is 3.69. The van der Waals surface area contributed by atoms with Gasteiger partial charge in [0.2, 0.25) is 5.88 Å². The lowest BCUT2D eigenvalue weighted by molar-refractivity contribution is 0.283. The highest BCUT2D eigenvalue weighted by molar-refractivity contribution is 6.12. The van der Waals surface area contributed by atoms with Gasteiger partial charge in [0.05, 0.1) is 22.1 Å². The lowest BCUT2D eigenvalue weighted by Gasteiger charge is -2.27. The van der Waals surface area contributed by atoms with Crippen LogP contribution in [0.4, 0.5) is 5.69 Å². The molecule has 1 aliphatic rings. The fraction of sp³-hybridized carbons (Fsp3) is 0.200. The van der Waals surface area contributed by atoms with Crippen LogP contribution in [0.1, 0.15) is 25.3 Å². The number of aromatic hydroxyl groups is 1. The Kier molecular flexibility index (Phi) is 2.98. The van der Waals surface area contributed by atoms with Gasteiger partial charge >= 0.3 is 0 Å². The van der Waals surface area contributed by atoms with Crippen LogP contribution in [0.25, 0.3) is 32.9 Å². The van der Waals surface area contributed by atoms with Gasteiger partial charge in [-0.15, -0.1) is 0 Å². The molecule has 1 saturated carbocycles. The zero-order valence-electron chi connectivity index (χ0n) is 13.7. The summed E-state index contributed by atoms with van der Waals surface area (Å²) in [4.78, 5) is 8.94. The summed E-state index contributed by atoms with van der Waals surface area (Å²) in [5.74, 6) is 0.237. The van der Waals surface area contributed by atoms with Crippen LogP contribution in [0.5, 0.6) is 5.88 Å². The zero-order valence-corrected chi connectivity index (χ0v) is 13.7. The first-order chi connectivity index (χ1) is 12.2. The van der Waals surface area contributed by atoms with E-state index in [1.165, 1.54) is 6.42 Å².